The summed E-state index contributed by atoms with van der Waals surface area (Å²) in [5.41, 5.74) is 4.19. The van der Waals surface area contributed by atoms with E-state index in [2.05, 4.69) is 39.2 Å². The minimum Gasteiger partial charge on any atom is -0.366 e. The zero-order chi connectivity index (χ0) is 18.5. The number of urea groups is 1. The third kappa shape index (κ3) is 2.61. The number of likely N-dealkylation sites (N-methyl/N-ethyl adjacent to an activating group) is 1. The van der Waals surface area contributed by atoms with Crippen LogP contribution in [0.5, 0.6) is 0 Å². The number of aryl methyl sites for hydroxylation is 1. The highest BCUT2D eigenvalue weighted by Gasteiger charge is 2.32. The minimum absolute atomic E-state index is 0.0449. The first-order valence-corrected chi connectivity index (χ1v) is 9.28. The van der Waals surface area contributed by atoms with Crippen molar-refractivity contribution in [3.8, 4) is 0 Å². The van der Waals surface area contributed by atoms with E-state index in [1.807, 2.05) is 30.9 Å². The van der Waals surface area contributed by atoms with Crippen LogP contribution in [-0.2, 0) is 0 Å². The first kappa shape index (κ1) is 16.1. The number of aromatic nitrogens is 3. The Morgan fingerprint density at radius 1 is 1.15 bits per heavy atom. The van der Waals surface area contributed by atoms with Crippen LogP contribution >= 0.6 is 0 Å². The molecule has 0 aliphatic carbocycles. The normalized spacial score (nSPS) is 17.9. The molecular weight excluding hydrogens is 340 g/mol. The topological polar surface area (TPSA) is 57.5 Å². The number of para-hydroxylation sites is 1. The van der Waals surface area contributed by atoms with E-state index in [-0.39, 0.29) is 6.03 Å². The molecule has 2 fully saturated rings. The SMILES string of the molecule is Cc1cc(N2CC(n3cc(N4CCN(C)C4=O)cn3)C2)c2ccccc2n1. The van der Waals surface area contributed by atoms with Gasteiger partial charge in [-0.1, -0.05) is 18.2 Å². The van der Waals surface area contributed by atoms with Crippen molar-refractivity contribution in [1.29, 1.82) is 0 Å². The molecule has 0 N–H and O–H groups in total. The van der Waals surface area contributed by atoms with Crippen LogP contribution in [-0.4, -0.2) is 58.9 Å². The van der Waals surface area contributed by atoms with Crippen LogP contribution in [0.15, 0.2) is 42.7 Å². The number of carbonyl (C=O) groups excluding carboxylic acids is 1. The third-order valence-corrected chi connectivity index (χ3v) is 5.52. The molecule has 0 spiro atoms. The van der Waals surface area contributed by atoms with Gasteiger partial charge in [-0.15, -0.1) is 0 Å². The molecule has 2 aliphatic heterocycles. The second kappa shape index (κ2) is 5.97. The van der Waals surface area contributed by atoms with Crippen molar-refractivity contribution in [3.05, 3.63) is 48.4 Å². The molecule has 2 aromatic heterocycles. The number of rotatable bonds is 3. The van der Waals surface area contributed by atoms with Crippen molar-refractivity contribution in [2.24, 2.45) is 0 Å². The predicted molar refractivity (Wildman–Crippen MR) is 105 cm³/mol. The lowest BCUT2D eigenvalue weighted by molar-refractivity contribution is 0.229. The minimum atomic E-state index is 0.0449. The molecule has 1 aromatic carbocycles. The molecule has 0 atom stereocenters. The number of nitrogens with zero attached hydrogens (tertiary/aromatic N) is 6. The molecule has 3 aromatic rings. The van der Waals surface area contributed by atoms with Gasteiger partial charge in [0.15, 0.2) is 0 Å². The van der Waals surface area contributed by atoms with E-state index >= 15 is 0 Å². The standard InChI is InChI=1S/C20H22N6O/c1-14-9-19(17-5-3-4-6-18(17)22-14)24-11-16(12-24)26-13-15(10-21-26)25-8-7-23(2)20(25)27/h3-6,9-10,13,16H,7-8,11-12H2,1-2H3. The summed E-state index contributed by atoms with van der Waals surface area (Å²) in [4.78, 5) is 22.7. The lowest BCUT2D eigenvalue weighted by atomic mass is 10.0. The van der Waals surface area contributed by atoms with Gasteiger partial charge < -0.3 is 9.80 Å². The van der Waals surface area contributed by atoms with Gasteiger partial charge in [0.2, 0.25) is 0 Å². The number of benzene rings is 1. The molecule has 2 amide bonds. The first-order valence-electron chi connectivity index (χ1n) is 9.28. The van der Waals surface area contributed by atoms with Crippen molar-refractivity contribution in [2.45, 2.75) is 13.0 Å². The third-order valence-electron chi connectivity index (χ3n) is 5.52. The van der Waals surface area contributed by atoms with Gasteiger partial charge >= 0.3 is 6.03 Å². The molecule has 7 heteroatoms. The Labute approximate surface area is 157 Å². The van der Waals surface area contributed by atoms with E-state index in [0.29, 0.717) is 6.04 Å². The molecule has 2 aliphatic rings. The number of amides is 2. The van der Waals surface area contributed by atoms with Crippen LogP contribution in [0.1, 0.15) is 11.7 Å². The van der Waals surface area contributed by atoms with Gasteiger partial charge in [-0.05, 0) is 19.1 Å². The van der Waals surface area contributed by atoms with Crippen molar-refractivity contribution in [2.75, 3.05) is 43.0 Å². The Hall–Kier alpha value is -3.09. The lowest BCUT2D eigenvalue weighted by Crippen LogP contribution is -2.48. The van der Waals surface area contributed by atoms with Gasteiger partial charge in [-0.25, -0.2) is 4.79 Å². The Morgan fingerprint density at radius 3 is 2.74 bits per heavy atom. The molecule has 5 rings (SSSR count). The number of fused-ring (bicyclic) bond motifs is 1. The summed E-state index contributed by atoms with van der Waals surface area (Å²) < 4.78 is 1.99. The summed E-state index contributed by atoms with van der Waals surface area (Å²) in [6.45, 7) is 5.33. The molecule has 0 bridgehead atoms. The van der Waals surface area contributed by atoms with E-state index in [1.165, 1.54) is 11.1 Å². The zero-order valence-corrected chi connectivity index (χ0v) is 15.5. The quantitative estimate of drug-likeness (QED) is 0.719. The zero-order valence-electron chi connectivity index (χ0n) is 15.5. The van der Waals surface area contributed by atoms with Gasteiger partial charge in [-0.2, -0.15) is 5.10 Å². The lowest BCUT2D eigenvalue weighted by Gasteiger charge is -2.41. The number of anilines is 2. The highest BCUT2D eigenvalue weighted by atomic mass is 16.2. The van der Waals surface area contributed by atoms with Crippen LogP contribution < -0.4 is 9.80 Å². The Morgan fingerprint density at radius 2 is 1.96 bits per heavy atom. The Bertz CT molecular complexity index is 1020. The Kier molecular flexibility index (Phi) is 3.56. The fraction of sp³-hybridized carbons (Fsp3) is 0.350. The average molecular weight is 362 g/mol. The maximum atomic E-state index is 12.2. The second-order valence-electron chi connectivity index (χ2n) is 7.39. The summed E-state index contributed by atoms with van der Waals surface area (Å²) >= 11 is 0. The summed E-state index contributed by atoms with van der Waals surface area (Å²) in [5.74, 6) is 0. The maximum absolute atomic E-state index is 12.2. The van der Waals surface area contributed by atoms with Gasteiger partial charge in [0.1, 0.15) is 0 Å². The molecule has 7 nitrogen and oxygen atoms in total. The first-order chi connectivity index (χ1) is 13.1. The monoisotopic (exact) mass is 362 g/mol. The average Bonchev–Trinajstić information content (AvgIpc) is 3.21. The highest BCUT2D eigenvalue weighted by Crippen LogP contribution is 2.34. The Balaban J connectivity index is 1.34. The molecule has 4 heterocycles. The molecule has 138 valence electrons. The fourth-order valence-electron chi connectivity index (χ4n) is 3.92. The van der Waals surface area contributed by atoms with Crippen molar-refractivity contribution >= 4 is 28.3 Å². The van der Waals surface area contributed by atoms with E-state index in [1.54, 1.807) is 16.0 Å². The van der Waals surface area contributed by atoms with Crippen molar-refractivity contribution < 1.29 is 4.79 Å². The van der Waals surface area contributed by atoms with Crippen LogP contribution in [0.4, 0.5) is 16.2 Å². The van der Waals surface area contributed by atoms with Gasteiger partial charge in [0, 0.05) is 56.2 Å². The molecule has 0 unspecified atom stereocenters. The highest BCUT2D eigenvalue weighted by molar-refractivity contribution is 5.94. The van der Waals surface area contributed by atoms with Crippen molar-refractivity contribution in [1.82, 2.24) is 19.7 Å². The molecule has 0 saturated carbocycles. The second-order valence-corrected chi connectivity index (χ2v) is 7.39. The van der Waals surface area contributed by atoms with Crippen LogP contribution in [0, 0.1) is 6.92 Å². The molecule has 0 radical (unpaired) electrons. The number of hydrogen-bond donors (Lipinski definition) is 0. The maximum Gasteiger partial charge on any atom is 0.324 e. The van der Waals surface area contributed by atoms with Gasteiger partial charge in [0.25, 0.3) is 0 Å². The molecule has 2 saturated heterocycles. The largest absolute Gasteiger partial charge is 0.366 e. The van der Waals surface area contributed by atoms with E-state index < -0.39 is 0 Å². The molecule has 27 heavy (non-hydrogen) atoms. The number of carbonyl (C=O) groups is 1. The molecular formula is C20H22N6O. The predicted octanol–water partition coefficient (Wildman–Crippen LogP) is 2.67. The van der Waals surface area contributed by atoms with Gasteiger partial charge in [-0.3, -0.25) is 14.6 Å². The number of pyridine rings is 1. The van der Waals surface area contributed by atoms with Gasteiger partial charge in [0.05, 0.1) is 23.4 Å². The van der Waals surface area contributed by atoms with Crippen LogP contribution in [0.3, 0.4) is 0 Å². The van der Waals surface area contributed by atoms with Crippen LogP contribution in [0.2, 0.25) is 0 Å². The summed E-state index contributed by atoms with van der Waals surface area (Å²) in [5, 5.41) is 5.70. The number of hydrogen-bond acceptors (Lipinski definition) is 4. The van der Waals surface area contributed by atoms with Crippen LogP contribution in [0.25, 0.3) is 10.9 Å². The summed E-state index contributed by atoms with van der Waals surface area (Å²) in [6.07, 6.45) is 3.79. The smallest absolute Gasteiger partial charge is 0.324 e. The summed E-state index contributed by atoms with van der Waals surface area (Å²) in [6, 6.07) is 10.8. The van der Waals surface area contributed by atoms with E-state index in [4.69, 9.17) is 0 Å². The van der Waals surface area contributed by atoms with E-state index in [9.17, 15) is 4.79 Å². The van der Waals surface area contributed by atoms with Crippen molar-refractivity contribution in [3.63, 3.8) is 0 Å². The summed E-state index contributed by atoms with van der Waals surface area (Å²) in [7, 11) is 1.83. The van der Waals surface area contributed by atoms with E-state index in [0.717, 1.165) is 43.1 Å². The fourth-order valence-corrected chi connectivity index (χ4v) is 3.92.